The lowest BCUT2D eigenvalue weighted by Crippen LogP contribution is -2.09. The van der Waals surface area contributed by atoms with Gasteiger partial charge in [-0.25, -0.2) is 0 Å². The molecule has 1 fully saturated rings. The van der Waals surface area contributed by atoms with Gasteiger partial charge in [0.1, 0.15) is 5.02 Å². The summed E-state index contributed by atoms with van der Waals surface area (Å²) in [6.07, 6.45) is 9.42. The van der Waals surface area contributed by atoms with Crippen molar-refractivity contribution < 1.29 is 0 Å². The summed E-state index contributed by atoms with van der Waals surface area (Å²) in [5.74, 6) is 0.587. The van der Waals surface area contributed by atoms with Crippen molar-refractivity contribution in [3.8, 4) is 0 Å². The maximum absolute atomic E-state index is 11.9. The molecule has 2 nitrogen and oxygen atoms in total. The summed E-state index contributed by atoms with van der Waals surface area (Å²) in [5, 5.41) is 0.228. The van der Waals surface area contributed by atoms with Crippen molar-refractivity contribution in [2.45, 2.75) is 30.6 Å². The van der Waals surface area contributed by atoms with Crippen LogP contribution in [0.5, 0.6) is 0 Å². The number of pyridine rings is 1. The van der Waals surface area contributed by atoms with Gasteiger partial charge in [-0.05, 0) is 54.8 Å². The molecule has 4 heteroatoms. The van der Waals surface area contributed by atoms with Crippen molar-refractivity contribution in [1.29, 1.82) is 0 Å². The summed E-state index contributed by atoms with van der Waals surface area (Å²) in [6.45, 7) is 0. The number of hydrogen-bond donors (Lipinski definition) is 1. The maximum Gasteiger partial charge on any atom is 0.267 e. The van der Waals surface area contributed by atoms with Crippen LogP contribution >= 0.6 is 23.4 Å². The van der Waals surface area contributed by atoms with Gasteiger partial charge in [0, 0.05) is 16.2 Å². The Kier molecular flexibility index (Phi) is 5.29. The predicted molar refractivity (Wildman–Crippen MR) is 99.3 cm³/mol. The van der Waals surface area contributed by atoms with Gasteiger partial charge < -0.3 is 4.98 Å². The first kappa shape index (κ1) is 16.4. The van der Waals surface area contributed by atoms with E-state index in [-0.39, 0.29) is 10.6 Å². The fraction of sp³-hybridized carbons (Fsp3) is 0.316. The average Bonchev–Trinajstić information content (AvgIpc) is 3.09. The van der Waals surface area contributed by atoms with Crippen molar-refractivity contribution in [3.63, 3.8) is 0 Å². The molecular weight excluding hydrogens is 326 g/mol. The summed E-state index contributed by atoms with van der Waals surface area (Å²) < 4.78 is 0. The minimum atomic E-state index is -0.234. The van der Waals surface area contributed by atoms with Gasteiger partial charge in [0.15, 0.2) is 0 Å². The number of rotatable bonds is 4. The van der Waals surface area contributed by atoms with E-state index in [4.69, 9.17) is 11.6 Å². The van der Waals surface area contributed by atoms with E-state index in [1.54, 1.807) is 17.8 Å². The third kappa shape index (κ3) is 3.91. The second kappa shape index (κ2) is 7.41. The highest BCUT2D eigenvalue weighted by molar-refractivity contribution is 7.98. The standard InChI is InChI=1S/C19H20ClNOS/c1-23-15-8-6-14(7-9-15)16(12-13-4-2-3-5-13)18-11-10-17(20)19(22)21-18/h6-13H,2-5H2,1H3,(H,21,22). The SMILES string of the molecule is CSc1ccc(C(=CC2CCCC2)c2ccc(Cl)c(=O)[nH]2)cc1. The third-order valence-corrected chi connectivity index (χ3v) is 5.40. The minimum absolute atomic E-state index is 0.228. The topological polar surface area (TPSA) is 32.9 Å². The van der Waals surface area contributed by atoms with Gasteiger partial charge in [0.05, 0.1) is 0 Å². The quantitative estimate of drug-likeness (QED) is 0.755. The summed E-state index contributed by atoms with van der Waals surface area (Å²) in [4.78, 5) is 16.0. The molecule has 1 aliphatic rings. The zero-order valence-electron chi connectivity index (χ0n) is 13.1. The van der Waals surface area contributed by atoms with Crippen LogP contribution < -0.4 is 5.56 Å². The number of hydrogen-bond acceptors (Lipinski definition) is 2. The van der Waals surface area contributed by atoms with E-state index >= 15 is 0 Å². The van der Waals surface area contributed by atoms with E-state index in [9.17, 15) is 4.79 Å². The van der Waals surface area contributed by atoms with Crippen molar-refractivity contribution in [1.82, 2.24) is 4.98 Å². The van der Waals surface area contributed by atoms with Crippen LogP contribution in [0, 0.1) is 5.92 Å². The van der Waals surface area contributed by atoms with Crippen LogP contribution in [0.1, 0.15) is 36.9 Å². The highest BCUT2D eigenvalue weighted by atomic mass is 35.5. The summed E-state index contributed by atoms with van der Waals surface area (Å²) in [5.41, 5.74) is 2.83. The first-order valence-electron chi connectivity index (χ1n) is 7.93. The molecule has 2 aromatic rings. The molecule has 1 aliphatic carbocycles. The van der Waals surface area contributed by atoms with Crippen molar-refractivity contribution >= 4 is 28.9 Å². The number of aromatic nitrogens is 1. The van der Waals surface area contributed by atoms with Gasteiger partial charge in [-0.15, -0.1) is 11.8 Å². The minimum Gasteiger partial charge on any atom is -0.321 e. The zero-order chi connectivity index (χ0) is 16.2. The normalized spacial score (nSPS) is 16.0. The van der Waals surface area contributed by atoms with Crippen LogP contribution in [0.3, 0.4) is 0 Å². The molecule has 1 saturated carbocycles. The molecule has 0 bridgehead atoms. The molecule has 3 rings (SSSR count). The Morgan fingerprint density at radius 3 is 2.48 bits per heavy atom. The van der Waals surface area contributed by atoms with Gasteiger partial charge in [0.25, 0.3) is 5.56 Å². The number of benzene rings is 1. The molecule has 0 unspecified atom stereocenters. The Hall–Kier alpha value is -1.45. The highest BCUT2D eigenvalue weighted by Gasteiger charge is 2.16. The van der Waals surface area contributed by atoms with E-state index in [0.717, 1.165) is 16.8 Å². The lowest BCUT2D eigenvalue weighted by molar-refractivity contribution is 0.687. The molecule has 1 heterocycles. The number of H-pyrrole nitrogens is 1. The second-order valence-corrected chi connectivity index (χ2v) is 7.19. The largest absolute Gasteiger partial charge is 0.321 e. The zero-order valence-corrected chi connectivity index (χ0v) is 14.7. The van der Waals surface area contributed by atoms with Gasteiger partial charge in [-0.1, -0.05) is 42.7 Å². The average molecular weight is 346 g/mol. The van der Waals surface area contributed by atoms with Gasteiger partial charge in [0.2, 0.25) is 0 Å². The Bertz CT molecular complexity index is 758. The number of thioether (sulfide) groups is 1. The molecule has 1 N–H and O–H groups in total. The molecule has 0 atom stereocenters. The lowest BCUT2D eigenvalue weighted by Gasteiger charge is -2.12. The summed E-state index contributed by atoms with van der Waals surface area (Å²) in [7, 11) is 0. The fourth-order valence-corrected chi connectivity index (χ4v) is 3.60. The van der Waals surface area contributed by atoms with E-state index in [1.807, 2.05) is 6.07 Å². The lowest BCUT2D eigenvalue weighted by atomic mass is 9.96. The number of allylic oxidation sites excluding steroid dienone is 1. The van der Waals surface area contributed by atoms with E-state index in [1.165, 1.54) is 30.6 Å². The van der Waals surface area contributed by atoms with Crippen LogP contribution in [0.2, 0.25) is 5.02 Å². The van der Waals surface area contributed by atoms with Crippen molar-refractivity contribution in [3.05, 3.63) is 69.1 Å². The van der Waals surface area contributed by atoms with Crippen LogP contribution in [-0.2, 0) is 0 Å². The first-order chi connectivity index (χ1) is 11.2. The second-order valence-electron chi connectivity index (χ2n) is 5.90. The van der Waals surface area contributed by atoms with Gasteiger partial charge >= 0.3 is 0 Å². The van der Waals surface area contributed by atoms with E-state index < -0.39 is 0 Å². The molecule has 0 saturated heterocycles. The fourth-order valence-electron chi connectivity index (χ4n) is 3.08. The van der Waals surface area contributed by atoms with Gasteiger partial charge in [-0.2, -0.15) is 0 Å². The Morgan fingerprint density at radius 1 is 1.17 bits per heavy atom. The summed E-state index contributed by atoms with van der Waals surface area (Å²) in [6, 6.07) is 12.1. The van der Waals surface area contributed by atoms with E-state index in [0.29, 0.717) is 5.92 Å². The molecular formula is C19H20ClNOS. The molecule has 0 aliphatic heterocycles. The van der Waals surface area contributed by atoms with Crippen LogP contribution in [0.4, 0.5) is 0 Å². The maximum atomic E-state index is 11.9. The molecule has 120 valence electrons. The monoisotopic (exact) mass is 345 g/mol. The molecule has 0 radical (unpaired) electrons. The van der Waals surface area contributed by atoms with Crippen LogP contribution in [0.25, 0.3) is 5.57 Å². The Morgan fingerprint density at radius 2 is 1.87 bits per heavy atom. The molecule has 0 amide bonds. The smallest absolute Gasteiger partial charge is 0.267 e. The first-order valence-corrected chi connectivity index (χ1v) is 9.53. The van der Waals surface area contributed by atoms with Crippen LogP contribution in [0.15, 0.2) is 52.2 Å². The molecule has 1 aromatic heterocycles. The third-order valence-electron chi connectivity index (χ3n) is 4.35. The van der Waals surface area contributed by atoms with Crippen LogP contribution in [-0.4, -0.2) is 11.2 Å². The molecule has 23 heavy (non-hydrogen) atoms. The predicted octanol–water partition coefficient (Wildman–Crippen LogP) is 5.37. The Labute approximate surface area is 146 Å². The number of nitrogens with one attached hydrogen (secondary N) is 1. The summed E-state index contributed by atoms with van der Waals surface area (Å²) >= 11 is 7.60. The number of halogens is 1. The highest BCUT2D eigenvalue weighted by Crippen LogP contribution is 2.32. The van der Waals surface area contributed by atoms with E-state index in [2.05, 4.69) is 41.6 Å². The molecule has 1 aromatic carbocycles. The van der Waals surface area contributed by atoms with Crippen molar-refractivity contribution in [2.24, 2.45) is 5.92 Å². The molecule has 0 spiro atoms. The Balaban J connectivity index is 2.04. The number of aromatic amines is 1. The van der Waals surface area contributed by atoms with Crippen molar-refractivity contribution in [2.75, 3.05) is 6.26 Å². The van der Waals surface area contributed by atoms with Gasteiger partial charge in [-0.3, -0.25) is 4.79 Å².